The van der Waals surface area contributed by atoms with Gasteiger partial charge in [-0.25, -0.2) is 0 Å². The van der Waals surface area contributed by atoms with Gasteiger partial charge in [-0.2, -0.15) is 0 Å². The van der Waals surface area contributed by atoms with E-state index in [-0.39, 0.29) is 0 Å². The number of hydrogen-bond acceptors (Lipinski definition) is 2. The summed E-state index contributed by atoms with van der Waals surface area (Å²) in [4.78, 5) is 0. The molecular formula is C10H9Cl2N3. The topological polar surface area (TPSA) is 30.7 Å². The molecule has 0 spiro atoms. The van der Waals surface area contributed by atoms with Crippen LogP contribution in [0.2, 0.25) is 5.02 Å². The van der Waals surface area contributed by atoms with Crippen molar-refractivity contribution in [3.05, 3.63) is 47.0 Å². The Hall–Kier alpha value is -1.06. The van der Waals surface area contributed by atoms with Gasteiger partial charge in [-0.3, -0.25) is 0 Å². The maximum atomic E-state index is 5.89. The van der Waals surface area contributed by atoms with Crippen LogP contribution >= 0.6 is 23.2 Å². The Morgan fingerprint density at radius 3 is 2.93 bits per heavy atom. The van der Waals surface area contributed by atoms with Gasteiger partial charge in [0.2, 0.25) is 0 Å². The third kappa shape index (κ3) is 2.49. The molecule has 5 heteroatoms. The molecule has 0 saturated carbocycles. The van der Waals surface area contributed by atoms with E-state index in [0.717, 1.165) is 16.4 Å². The molecule has 1 aromatic carbocycles. The van der Waals surface area contributed by atoms with E-state index in [4.69, 9.17) is 23.2 Å². The lowest BCUT2D eigenvalue weighted by molar-refractivity contribution is 0.755. The van der Waals surface area contributed by atoms with Crippen LogP contribution in [-0.4, -0.2) is 14.8 Å². The highest BCUT2D eigenvalue weighted by Crippen LogP contribution is 2.12. The van der Waals surface area contributed by atoms with Gasteiger partial charge in [0, 0.05) is 5.02 Å². The lowest BCUT2D eigenvalue weighted by Crippen LogP contribution is -2.02. The first kappa shape index (κ1) is 10.5. The second-order valence-corrected chi connectivity index (χ2v) is 3.84. The highest BCUT2D eigenvalue weighted by atomic mass is 35.5. The van der Waals surface area contributed by atoms with Gasteiger partial charge in [0.15, 0.2) is 0 Å². The Balaban J connectivity index is 2.22. The molecule has 0 unspecified atom stereocenters. The molecule has 0 bridgehead atoms. The number of rotatable bonds is 3. The van der Waals surface area contributed by atoms with Crippen molar-refractivity contribution < 1.29 is 0 Å². The van der Waals surface area contributed by atoms with E-state index in [1.807, 2.05) is 28.8 Å². The fraction of sp³-hybridized carbons (Fsp3) is 0.200. The average molecular weight is 242 g/mol. The molecular weight excluding hydrogens is 233 g/mol. The van der Waals surface area contributed by atoms with E-state index in [2.05, 4.69) is 10.2 Å². The summed E-state index contributed by atoms with van der Waals surface area (Å²) < 4.78 is 1.90. The van der Waals surface area contributed by atoms with Crippen LogP contribution < -0.4 is 0 Å². The van der Waals surface area contributed by atoms with Gasteiger partial charge in [-0.05, 0) is 17.7 Å². The zero-order chi connectivity index (χ0) is 10.7. The smallest absolute Gasteiger partial charge is 0.148 e. The van der Waals surface area contributed by atoms with E-state index in [0.29, 0.717) is 12.4 Å². The van der Waals surface area contributed by atoms with Crippen molar-refractivity contribution in [2.45, 2.75) is 12.4 Å². The highest BCUT2D eigenvalue weighted by Gasteiger charge is 2.03. The first-order valence-corrected chi connectivity index (χ1v) is 5.38. The number of nitrogens with zero attached hydrogens (tertiary/aromatic N) is 3. The van der Waals surface area contributed by atoms with E-state index >= 15 is 0 Å². The van der Waals surface area contributed by atoms with Crippen LogP contribution in [-0.2, 0) is 12.4 Å². The normalized spacial score (nSPS) is 10.5. The molecule has 0 aliphatic rings. The van der Waals surface area contributed by atoms with Crippen molar-refractivity contribution in [1.82, 2.24) is 14.8 Å². The first-order valence-electron chi connectivity index (χ1n) is 4.46. The molecule has 2 rings (SSSR count). The summed E-state index contributed by atoms with van der Waals surface area (Å²) in [7, 11) is 0. The van der Waals surface area contributed by atoms with Crippen LogP contribution in [0.1, 0.15) is 11.4 Å². The van der Waals surface area contributed by atoms with Crippen LogP contribution in [0.5, 0.6) is 0 Å². The fourth-order valence-electron chi connectivity index (χ4n) is 1.35. The maximum Gasteiger partial charge on any atom is 0.148 e. The second kappa shape index (κ2) is 4.64. The van der Waals surface area contributed by atoms with Gasteiger partial charge in [0.05, 0.1) is 12.4 Å². The number of benzene rings is 1. The van der Waals surface area contributed by atoms with Gasteiger partial charge < -0.3 is 4.57 Å². The van der Waals surface area contributed by atoms with E-state index < -0.39 is 0 Å². The Bertz CT molecular complexity index is 453. The number of alkyl halides is 1. The Kier molecular flexibility index (Phi) is 3.23. The lowest BCUT2D eigenvalue weighted by Gasteiger charge is -2.04. The molecule has 0 aliphatic carbocycles. The predicted octanol–water partition coefficient (Wildman–Crippen LogP) is 2.72. The Morgan fingerprint density at radius 1 is 1.33 bits per heavy atom. The summed E-state index contributed by atoms with van der Waals surface area (Å²) in [5.41, 5.74) is 1.11. The van der Waals surface area contributed by atoms with Crippen LogP contribution in [0, 0.1) is 0 Å². The summed E-state index contributed by atoms with van der Waals surface area (Å²) in [6.07, 6.45) is 1.67. The van der Waals surface area contributed by atoms with Crippen molar-refractivity contribution in [2.75, 3.05) is 0 Å². The molecule has 1 heterocycles. The predicted molar refractivity (Wildman–Crippen MR) is 60.1 cm³/mol. The van der Waals surface area contributed by atoms with Crippen LogP contribution in [0.3, 0.4) is 0 Å². The minimum atomic E-state index is 0.362. The van der Waals surface area contributed by atoms with E-state index in [1.165, 1.54) is 0 Å². The minimum absolute atomic E-state index is 0.362. The van der Waals surface area contributed by atoms with Gasteiger partial charge >= 0.3 is 0 Å². The molecule has 0 atom stereocenters. The van der Waals surface area contributed by atoms with E-state index in [9.17, 15) is 0 Å². The number of hydrogen-bond donors (Lipinski definition) is 0. The minimum Gasteiger partial charge on any atom is -0.312 e. The number of halogens is 2. The summed E-state index contributed by atoms with van der Waals surface area (Å²) >= 11 is 11.6. The van der Waals surface area contributed by atoms with Crippen LogP contribution in [0.25, 0.3) is 0 Å². The van der Waals surface area contributed by atoms with E-state index in [1.54, 1.807) is 6.33 Å². The third-order valence-electron chi connectivity index (χ3n) is 2.06. The lowest BCUT2D eigenvalue weighted by atomic mass is 10.2. The van der Waals surface area contributed by atoms with Gasteiger partial charge in [-0.15, -0.1) is 21.8 Å². The zero-order valence-electron chi connectivity index (χ0n) is 7.90. The molecule has 15 heavy (non-hydrogen) atoms. The Labute approximate surface area is 97.7 Å². The molecule has 0 radical (unpaired) electrons. The second-order valence-electron chi connectivity index (χ2n) is 3.14. The summed E-state index contributed by atoms with van der Waals surface area (Å²) in [5, 5.41) is 8.44. The SMILES string of the molecule is ClCc1nncn1Cc1cccc(Cl)c1. The molecule has 0 N–H and O–H groups in total. The molecule has 2 aromatic rings. The largest absolute Gasteiger partial charge is 0.312 e. The first-order chi connectivity index (χ1) is 7.29. The number of aromatic nitrogens is 3. The maximum absolute atomic E-state index is 5.89. The van der Waals surface area contributed by atoms with Crippen molar-refractivity contribution in [3.63, 3.8) is 0 Å². The van der Waals surface area contributed by atoms with Gasteiger partial charge in [0.1, 0.15) is 12.2 Å². The van der Waals surface area contributed by atoms with Crippen molar-refractivity contribution in [2.24, 2.45) is 0 Å². The Morgan fingerprint density at radius 2 is 2.20 bits per heavy atom. The molecule has 0 fully saturated rings. The molecule has 0 saturated heterocycles. The summed E-state index contributed by atoms with van der Waals surface area (Å²) in [5.74, 6) is 1.12. The average Bonchev–Trinajstić information content (AvgIpc) is 2.65. The van der Waals surface area contributed by atoms with Crippen molar-refractivity contribution in [3.8, 4) is 0 Å². The monoisotopic (exact) mass is 241 g/mol. The molecule has 0 amide bonds. The standard InChI is InChI=1S/C10H9Cl2N3/c11-5-10-14-13-7-15(10)6-8-2-1-3-9(12)4-8/h1-4,7H,5-6H2. The fourth-order valence-corrected chi connectivity index (χ4v) is 1.77. The van der Waals surface area contributed by atoms with Crippen LogP contribution in [0.15, 0.2) is 30.6 Å². The molecule has 78 valence electrons. The quantitative estimate of drug-likeness (QED) is 0.774. The zero-order valence-corrected chi connectivity index (χ0v) is 9.41. The van der Waals surface area contributed by atoms with Crippen molar-refractivity contribution in [1.29, 1.82) is 0 Å². The third-order valence-corrected chi connectivity index (χ3v) is 2.53. The summed E-state index contributed by atoms with van der Waals surface area (Å²) in [6, 6.07) is 7.69. The highest BCUT2D eigenvalue weighted by molar-refractivity contribution is 6.30. The van der Waals surface area contributed by atoms with Gasteiger partial charge in [0.25, 0.3) is 0 Å². The van der Waals surface area contributed by atoms with Crippen molar-refractivity contribution >= 4 is 23.2 Å². The van der Waals surface area contributed by atoms with Gasteiger partial charge in [-0.1, -0.05) is 23.7 Å². The van der Waals surface area contributed by atoms with Crippen LogP contribution in [0.4, 0.5) is 0 Å². The summed E-state index contributed by atoms with van der Waals surface area (Å²) in [6.45, 7) is 0.690. The molecule has 3 nitrogen and oxygen atoms in total. The molecule has 0 aliphatic heterocycles. The molecule has 1 aromatic heterocycles.